The molecule has 78 valence electrons. The second-order valence-electron chi connectivity index (χ2n) is 2.78. The van der Waals surface area contributed by atoms with Crippen LogP contribution >= 0.6 is 0 Å². The molecule has 0 amide bonds. The Morgan fingerprint density at radius 1 is 1.14 bits per heavy atom. The lowest BCUT2D eigenvalue weighted by Gasteiger charge is -2.11. The summed E-state index contributed by atoms with van der Waals surface area (Å²) in [6.07, 6.45) is -0.720. The third kappa shape index (κ3) is 4.23. The normalized spacial score (nSPS) is 12.4. The average molecular weight is 198 g/mol. The van der Waals surface area contributed by atoms with Crippen molar-refractivity contribution < 1.29 is 19.7 Å². The number of para-hydroxylation sites is 1. The van der Waals surface area contributed by atoms with Crippen LogP contribution in [0.2, 0.25) is 0 Å². The van der Waals surface area contributed by atoms with E-state index in [2.05, 4.69) is 4.74 Å². The molecule has 0 aromatic heterocycles. The third-order valence-electron chi connectivity index (χ3n) is 1.59. The second kappa shape index (κ2) is 6.37. The van der Waals surface area contributed by atoms with Gasteiger partial charge in [-0.3, -0.25) is 0 Å². The predicted molar refractivity (Wildman–Crippen MR) is 51.0 cm³/mol. The minimum Gasteiger partial charge on any atom is -0.491 e. The first kappa shape index (κ1) is 11.0. The van der Waals surface area contributed by atoms with Crippen LogP contribution in [-0.4, -0.2) is 36.3 Å². The topological polar surface area (TPSA) is 58.9 Å². The summed E-state index contributed by atoms with van der Waals surface area (Å²) in [5.74, 6) is 0.704. The van der Waals surface area contributed by atoms with E-state index in [4.69, 9.17) is 9.84 Å². The summed E-state index contributed by atoms with van der Waals surface area (Å²) in [5, 5.41) is 17.6. The van der Waals surface area contributed by atoms with Gasteiger partial charge in [-0.1, -0.05) is 18.2 Å². The zero-order chi connectivity index (χ0) is 10.2. The van der Waals surface area contributed by atoms with Crippen LogP contribution in [0.4, 0.5) is 0 Å². The molecule has 4 heteroatoms. The number of hydrogen-bond acceptors (Lipinski definition) is 4. The van der Waals surface area contributed by atoms with E-state index in [1.165, 1.54) is 0 Å². The van der Waals surface area contributed by atoms with Gasteiger partial charge in [0, 0.05) is 0 Å². The van der Waals surface area contributed by atoms with Gasteiger partial charge in [0.2, 0.25) is 0 Å². The van der Waals surface area contributed by atoms with Gasteiger partial charge in [-0.05, 0) is 12.1 Å². The average Bonchev–Trinajstić information content (AvgIpc) is 2.25. The Labute approximate surface area is 82.7 Å². The van der Waals surface area contributed by atoms with E-state index < -0.39 is 6.10 Å². The Hall–Kier alpha value is -1.10. The minimum atomic E-state index is -0.720. The van der Waals surface area contributed by atoms with Crippen molar-refractivity contribution in [3.8, 4) is 5.75 Å². The molecule has 0 fully saturated rings. The maximum absolute atomic E-state index is 9.28. The van der Waals surface area contributed by atoms with Crippen molar-refractivity contribution in [1.82, 2.24) is 0 Å². The fourth-order valence-corrected chi connectivity index (χ4v) is 0.946. The molecule has 2 N–H and O–H groups in total. The summed E-state index contributed by atoms with van der Waals surface area (Å²) in [7, 11) is 0. The fraction of sp³-hybridized carbons (Fsp3) is 0.400. The molecule has 0 spiro atoms. The van der Waals surface area contributed by atoms with Crippen LogP contribution in [0.1, 0.15) is 0 Å². The number of ether oxygens (including phenoxy) is 2. The number of hydrogen-bond donors (Lipinski definition) is 2. The highest BCUT2D eigenvalue weighted by Crippen LogP contribution is 2.08. The molecule has 0 bridgehead atoms. The standard InChI is InChI=1S/C10H14O4/c11-8-13-6-9(12)7-14-10-4-2-1-3-5-10/h1-5,9,11-12H,6-8H2. The molecule has 1 unspecified atom stereocenters. The molecule has 4 nitrogen and oxygen atoms in total. The maximum Gasteiger partial charge on any atom is 0.143 e. The highest BCUT2D eigenvalue weighted by molar-refractivity contribution is 5.20. The Morgan fingerprint density at radius 3 is 2.50 bits per heavy atom. The zero-order valence-corrected chi connectivity index (χ0v) is 7.80. The van der Waals surface area contributed by atoms with Gasteiger partial charge in [0.15, 0.2) is 0 Å². The van der Waals surface area contributed by atoms with Crippen LogP contribution < -0.4 is 4.74 Å². The van der Waals surface area contributed by atoms with Crippen LogP contribution in [0.15, 0.2) is 30.3 Å². The van der Waals surface area contributed by atoms with Gasteiger partial charge in [0.1, 0.15) is 25.3 Å². The first-order chi connectivity index (χ1) is 6.83. The van der Waals surface area contributed by atoms with Gasteiger partial charge in [0.25, 0.3) is 0 Å². The first-order valence-electron chi connectivity index (χ1n) is 4.37. The van der Waals surface area contributed by atoms with E-state index in [-0.39, 0.29) is 20.0 Å². The van der Waals surface area contributed by atoms with Gasteiger partial charge in [0.05, 0.1) is 6.61 Å². The Kier molecular flexibility index (Phi) is 4.99. The SMILES string of the molecule is OCOCC(O)COc1ccccc1. The number of aliphatic hydroxyl groups is 2. The van der Waals surface area contributed by atoms with Gasteiger partial charge in [-0.2, -0.15) is 0 Å². The van der Waals surface area contributed by atoms with E-state index >= 15 is 0 Å². The van der Waals surface area contributed by atoms with Gasteiger partial charge >= 0.3 is 0 Å². The maximum atomic E-state index is 9.28. The van der Waals surface area contributed by atoms with Crippen molar-refractivity contribution in [2.45, 2.75) is 6.10 Å². The van der Waals surface area contributed by atoms with E-state index in [1.807, 2.05) is 18.2 Å². The summed E-state index contributed by atoms with van der Waals surface area (Å²) in [6.45, 7) is -0.157. The molecule has 0 heterocycles. The molecular weight excluding hydrogens is 184 g/mol. The molecule has 1 rings (SSSR count). The Morgan fingerprint density at radius 2 is 1.86 bits per heavy atom. The van der Waals surface area contributed by atoms with Gasteiger partial charge < -0.3 is 19.7 Å². The molecule has 14 heavy (non-hydrogen) atoms. The lowest BCUT2D eigenvalue weighted by Crippen LogP contribution is -2.23. The molecule has 1 atom stereocenters. The van der Waals surface area contributed by atoms with Crippen LogP contribution in [0.5, 0.6) is 5.75 Å². The molecule has 1 aromatic rings. The molecule has 1 aromatic carbocycles. The van der Waals surface area contributed by atoms with Crippen LogP contribution in [0, 0.1) is 0 Å². The summed E-state index contributed by atoms with van der Waals surface area (Å²) in [4.78, 5) is 0. The molecule has 0 aliphatic rings. The Balaban J connectivity index is 2.20. The Bertz CT molecular complexity index is 237. The molecule has 0 saturated heterocycles. The zero-order valence-electron chi connectivity index (χ0n) is 7.80. The largest absolute Gasteiger partial charge is 0.491 e. The number of rotatable bonds is 6. The smallest absolute Gasteiger partial charge is 0.143 e. The summed E-state index contributed by atoms with van der Waals surface area (Å²) in [5.41, 5.74) is 0. The minimum absolute atomic E-state index is 0.0728. The summed E-state index contributed by atoms with van der Waals surface area (Å²) in [6, 6.07) is 9.20. The van der Waals surface area contributed by atoms with Crippen molar-refractivity contribution in [1.29, 1.82) is 0 Å². The number of aliphatic hydroxyl groups excluding tert-OH is 2. The summed E-state index contributed by atoms with van der Waals surface area (Å²) >= 11 is 0. The van der Waals surface area contributed by atoms with Crippen molar-refractivity contribution in [3.05, 3.63) is 30.3 Å². The molecule has 0 radical (unpaired) electrons. The monoisotopic (exact) mass is 198 g/mol. The van der Waals surface area contributed by atoms with Crippen molar-refractivity contribution >= 4 is 0 Å². The molecular formula is C10H14O4. The van der Waals surface area contributed by atoms with E-state index in [1.54, 1.807) is 12.1 Å². The van der Waals surface area contributed by atoms with Gasteiger partial charge in [-0.25, -0.2) is 0 Å². The molecule has 0 aliphatic heterocycles. The van der Waals surface area contributed by atoms with E-state index in [0.29, 0.717) is 5.75 Å². The van der Waals surface area contributed by atoms with Crippen LogP contribution in [-0.2, 0) is 4.74 Å². The van der Waals surface area contributed by atoms with E-state index in [0.717, 1.165) is 0 Å². The lowest BCUT2D eigenvalue weighted by atomic mass is 10.3. The first-order valence-corrected chi connectivity index (χ1v) is 4.37. The molecule has 0 saturated carbocycles. The quantitative estimate of drug-likeness (QED) is 0.649. The van der Waals surface area contributed by atoms with Crippen LogP contribution in [0.25, 0.3) is 0 Å². The lowest BCUT2D eigenvalue weighted by molar-refractivity contribution is -0.0510. The van der Waals surface area contributed by atoms with Crippen molar-refractivity contribution in [2.75, 3.05) is 20.0 Å². The predicted octanol–water partition coefficient (Wildman–Crippen LogP) is 0.393. The molecule has 0 aliphatic carbocycles. The van der Waals surface area contributed by atoms with Crippen molar-refractivity contribution in [3.63, 3.8) is 0 Å². The summed E-state index contributed by atoms with van der Waals surface area (Å²) < 4.78 is 9.86. The highest BCUT2D eigenvalue weighted by Gasteiger charge is 2.04. The fourth-order valence-electron chi connectivity index (χ4n) is 0.946. The number of benzene rings is 1. The van der Waals surface area contributed by atoms with E-state index in [9.17, 15) is 5.11 Å². The van der Waals surface area contributed by atoms with Crippen molar-refractivity contribution in [2.24, 2.45) is 0 Å². The third-order valence-corrected chi connectivity index (χ3v) is 1.59. The second-order valence-corrected chi connectivity index (χ2v) is 2.78. The van der Waals surface area contributed by atoms with Gasteiger partial charge in [-0.15, -0.1) is 0 Å². The van der Waals surface area contributed by atoms with Crippen LogP contribution in [0.3, 0.4) is 0 Å². The highest BCUT2D eigenvalue weighted by atomic mass is 16.6.